The number of anilines is 1. The van der Waals surface area contributed by atoms with E-state index in [1.807, 2.05) is 38.1 Å². The number of carbonyl (C=O) groups is 3. The lowest BCUT2D eigenvalue weighted by atomic mass is 10.1. The van der Waals surface area contributed by atoms with E-state index in [9.17, 15) is 14.4 Å². The molecule has 0 radical (unpaired) electrons. The molecule has 0 saturated carbocycles. The molecule has 1 aliphatic heterocycles. The van der Waals surface area contributed by atoms with Crippen molar-refractivity contribution in [2.24, 2.45) is 5.73 Å². The number of rotatable bonds is 5. The van der Waals surface area contributed by atoms with Crippen LogP contribution in [0.2, 0.25) is 5.02 Å². The number of carbonyl (C=O) groups excluding carboxylic acids is 3. The van der Waals surface area contributed by atoms with Crippen molar-refractivity contribution in [1.82, 2.24) is 10.2 Å². The highest BCUT2D eigenvalue weighted by molar-refractivity contribution is 6.34. The molecule has 0 fully saturated rings. The molecule has 1 aliphatic rings. The van der Waals surface area contributed by atoms with Crippen molar-refractivity contribution >= 4 is 35.1 Å². The minimum Gasteiger partial charge on any atom is -0.494 e. The van der Waals surface area contributed by atoms with Crippen molar-refractivity contribution in [3.8, 4) is 5.75 Å². The van der Waals surface area contributed by atoms with E-state index in [-0.39, 0.29) is 25.0 Å². The Balaban J connectivity index is 1.93. The van der Waals surface area contributed by atoms with Crippen LogP contribution in [0.4, 0.5) is 10.5 Å². The van der Waals surface area contributed by atoms with Crippen LogP contribution in [-0.4, -0.2) is 48.0 Å². The number of nitrogens with zero attached hydrogens (tertiary/aromatic N) is 2. The quantitative estimate of drug-likeness (QED) is 0.717. The molecule has 0 aliphatic carbocycles. The molecule has 0 unspecified atom stereocenters. The highest BCUT2D eigenvalue weighted by atomic mass is 35.5. The van der Waals surface area contributed by atoms with E-state index in [1.165, 1.54) is 6.92 Å². The van der Waals surface area contributed by atoms with E-state index in [2.05, 4.69) is 5.32 Å². The van der Waals surface area contributed by atoms with Crippen molar-refractivity contribution < 1.29 is 19.1 Å². The Bertz CT molecular complexity index is 1030. The van der Waals surface area contributed by atoms with Crippen molar-refractivity contribution in [2.45, 2.75) is 39.4 Å². The fourth-order valence-corrected chi connectivity index (χ4v) is 3.83. The first-order valence-corrected chi connectivity index (χ1v) is 10.8. The van der Waals surface area contributed by atoms with Gasteiger partial charge in [0.1, 0.15) is 11.8 Å². The summed E-state index contributed by atoms with van der Waals surface area (Å²) in [7, 11) is 0. The molecule has 1 heterocycles. The summed E-state index contributed by atoms with van der Waals surface area (Å²) >= 11 is 6.40. The predicted molar refractivity (Wildman–Crippen MR) is 123 cm³/mol. The van der Waals surface area contributed by atoms with E-state index in [4.69, 9.17) is 22.1 Å². The molecule has 0 saturated heterocycles. The molecular formula is C23H27ClN4O4. The summed E-state index contributed by atoms with van der Waals surface area (Å²) < 4.78 is 5.46. The third-order valence-electron chi connectivity index (χ3n) is 5.36. The first kappa shape index (κ1) is 23.4. The van der Waals surface area contributed by atoms with E-state index >= 15 is 0 Å². The maximum Gasteiger partial charge on any atom is 0.318 e. The van der Waals surface area contributed by atoms with Crippen LogP contribution in [0.25, 0.3) is 0 Å². The average molecular weight is 459 g/mol. The second-order valence-corrected chi connectivity index (χ2v) is 8.08. The average Bonchev–Trinajstić information content (AvgIpc) is 2.90. The number of nitrogens with two attached hydrogens (primary N) is 1. The molecule has 0 spiro atoms. The maximum atomic E-state index is 13.5. The predicted octanol–water partition coefficient (Wildman–Crippen LogP) is 3.17. The van der Waals surface area contributed by atoms with Crippen molar-refractivity contribution in [2.75, 3.05) is 18.1 Å². The molecule has 2 atom stereocenters. The van der Waals surface area contributed by atoms with Gasteiger partial charge in [-0.15, -0.1) is 0 Å². The molecular weight excluding hydrogens is 432 g/mol. The van der Waals surface area contributed by atoms with Gasteiger partial charge in [0.15, 0.2) is 0 Å². The normalized spacial score (nSPS) is 16.6. The van der Waals surface area contributed by atoms with Crippen LogP contribution in [0.3, 0.4) is 0 Å². The third-order valence-corrected chi connectivity index (χ3v) is 5.67. The van der Waals surface area contributed by atoms with Crippen LogP contribution >= 0.6 is 11.6 Å². The van der Waals surface area contributed by atoms with Crippen LogP contribution < -0.4 is 20.7 Å². The summed E-state index contributed by atoms with van der Waals surface area (Å²) in [5.74, 6) is -0.307. The zero-order valence-electron chi connectivity index (χ0n) is 18.3. The standard InChI is InChI=1S/C23H27ClN4O4/c1-4-32-17-9-10-18(19(24)11-17)22(30)28-12-14(2)27(23(31)26-15(3)21(25)29)13-16-7-5-6-8-20(16)28/h5-11,14-15H,4,12-13H2,1-3H3,(H2,25,29)(H,26,31)/t14-,15+/m0/s1. The smallest absolute Gasteiger partial charge is 0.318 e. The van der Waals surface area contributed by atoms with Gasteiger partial charge < -0.3 is 25.6 Å². The number of primary amides is 1. The lowest BCUT2D eigenvalue weighted by molar-refractivity contribution is -0.119. The molecule has 2 aromatic rings. The zero-order valence-corrected chi connectivity index (χ0v) is 19.1. The Kier molecular flexibility index (Phi) is 7.25. The Morgan fingerprint density at radius 2 is 1.97 bits per heavy atom. The lowest BCUT2D eigenvalue weighted by Gasteiger charge is -2.30. The number of amides is 4. The van der Waals surface area contributed by atoms with Gasteiger partial charge in [0.25, 0.3) is 5.91 Å². The third kappa shape index (κ3) is 4.96. The summed E-state index contributed by atoms with van der Waals surface area (Å²) in [6.45, 7) is 6.26. The number of para-hydroxylation sites is 1. The lowest BCUT2D eigenvalue weighted by Crippen LogP contribution is -2.52. The summed E-state index contributed by atoms with van der Waals surface area (Å²) in [6.07, 6.45) is 0. The van der Waals surface area contributed by atoms with Gasteiger partial charge in [0.2, 0.25) is 5.91 Å². The summed E-state index contributed by atoms with van der Waals surface area (Å²) in [4.78, 5) is 41.0. The number of ether oxygens (including phenoxy) is 1. The van der Waals surface area contributed by atoms with Gasteiger partial charge in [-0.1, -0.05) is 29.8 Å². The summed E-state index contributed by atoms with van der Waals surface area (Å²) in [5.41, 5.74) is 7.13. The number of hydrogen-bond donors (Lipinski definition) is 2. The van der Waals surface area contributed by atoms with Gasteiger partial charge in [-0.25, -0.2) is 4.79 Å². The molecule has 3 N–H and O–H groups in total. The van der Waals surface area contributed by atoms with Crippen LogP contribution in [0, 0.1) is 0 Å². The topological polar surface area (TPSA) is 105 Å². The fourth-order valence-electron chi connectivity index (χ4n) is 3.58. The number of urea groups is 1. The van der Waals surface area contributed by atoms with E-state index in [0.29, 0.717) is 28.6 Å². The molecule has 9 heteroatoms. The van der Waals surface area contributed by atoms with Gasteiger partial charge in [0.05, 0.1) is 17.2 Å². The number of halogens is 1. The molecule has 8 nitrogen and oxygen atoms in total. The van der Waals surface area contributed by atoms with E-state index in [0.717, 1.165) is 5.56 Å². The Morgan fingerprint density at radius 1 is 1.25 bits per heavy atom. The maximum absolute atomic E-state index is 13.5. The second-order valence-electron chi connectivity index (χ2n) is 7.67. The van der Waals surface area contributed by atoms with Crippen molar-refractivity contribution in [3.05, 3.63) is 58.6 Å². The molecule has 170 valence electrons. The number of hydrogen-bond acceptors (Lipinski definition) is 4. The van der Waals surface area contributed by atoms with Gasteiger partial charge in [0, 0.05) is 24.8 Å². The minimum absolute atomic E-state index is 0.248. The van der Waals surface area contributed by atoms with Crippen LogP contribution in [-0.2, 0) is 11.3 Å². The molecule has 0 aromatic heterocycles. The van der Waals surface area contributed by atoms with Gasteiger partial charge in [-0.05, 0) is 50.6 Å². The van der Waals surface area contributed by atoms with Crippen molar-refractivity contribution in [1.29, 1.82) is 0 Å². The molecule has 32 heavy (non-hydrogen) atoms. The largest absolute Gasteiger partial charge is 0.494 e. The van der Waals surface area contributed by atoms with Gasteiger partial charge in [-0.3, -0.25) is 9.59 Å². The van der Waals surface area contributed by atoms with Crippen LogP contribution in [0.1, 0.15) is 36.7 Å². The first-order chi connectivity index (χ1) is 15.2. The summed E-state index contributed by atoms with van der Waals surface area (Å²) in [6, 6.07) is 10.8. The number of nitrogens with one attached hydrogen (secondary N) is 1. The van der Waals surface area contributed by atoms with Gasteiger partial charge >= 0.3 is 6.03 Å². The minimum atomic E-state index is -0.811. The van der Waals surface area contributed by atoms with Crippen molar-refractivity contribution in [3.63, 3.8) is 0 Å². The zero-order chi connectivity index (χ0) is 23.4. The SMILES string of the molecule is CCOc1ccc(C(=O)N2C[C@H](C)N(C(=O)N[C@H](C)C(N)=O)Cc3ccccc32)c(Cl)c1. The van der Waals surface area contributed by atoms with Gasteiger partial charge in [-0.2, -0.15) is 0 Å². The highest BCUT2D eigenvalue weighted by Crippen LogP contribution is 2.31. The Morgan fingerprint density at radius 3 is 2.62 bits per heavy atom. The Labute approximate surface area is 192 Å². The van der Waals surface area contributed by atoms with Crippen LogP contribution in [0.15, 0.2) is 42.5 Å². The second kappa shape index (κ2) is 9.91. The number of benzene rings is 2. The molecule has 4 amide bonds. The monoisotopic (exact) mass is 458 g/mol. The first-order valence-electron chi connectivity index (χ1n) is 10.4. The highest BCUT2D eigenvalue weighted by Gasteiger charge is 2.32. The molecule has 2 aromatic carbocycles. The van der Waals surface area contributed by atoms with E-state index in [1.54, 1.807) is 28.0 Å². The summed E-state index contributed by atoms with van der Waals surface area (Å²) in [5, 5.41) is 2.91. The molecule has 0 bridgehead atoms. The Hall–Kier alpha value is -3.26. The number of fused-ring (bicyclic) bond motifs is 1. The fraction of sp³-hybridized carbons (Fsp3) is 0.348. The van der Waals surface area contributed by atoms with E-state index < -0.39 is 18.0 Å². The molecule has 3 rings (SSSR count). The van der Waals surface area contributed by atoms with Crippen LogP contribution in [0.5, 0.6) is 5.75 Å².